The van der Waals surface area contributed by atoms with Gasteiger partial charge in [0.15, 0.2) is 6.61 Å². The van der Waals surface area contributed by atoms with Crippen LogP contribution in [0.25, 0.3) is 11.0 Å². The molecule has 0 spiro atoms. The third-order valence-electron chi connectivity index (χ3n) is 6.59. The van der Waals surface area contributed by atoms with Crippen molar-refractivity contribution in [2.75, 3.05) is 19.0 Å². The van der Waals surface area contributed by atoms with Crippen molar-refractivity contribution < 1.29 is 23.8 Å². The minimum atomic E-state index is -0.604. The molecule has 1 aliphatic rings. The van der Waals surface area contributed by atoms with E-state index in [2.05, 4.69) is 10.3 Å². The summed E-state index contributed by atoms with van der Waals surface area (Å²) in [5.74, 6) is 0.521. The molecule has 0 saturated heterocycles. The van der Waals surface area contributed by atoms with Crippen LogP contribution in [0.3, 0.4) is 0 Å². The number of nitrogens with one attached hydrogen (secondary N) is 2. The number of carbonyl (C=O) groups excluding carboxylic acids is 2. The van der Waals surface area contributed by atoms with Crippen LogP contribution < -0.4 is 20.5 Å². The molecule has 0 unspecified atom stereocenters. The van der Waals surface area contributed by atoms with E-state index in [4.69, 9.17) is 14.2 Å². The molecule has 9 nitrogen and oxygen atoms in total. The highest BCUT2D eigenvalue weighted by molar-refractivity contribution is 5.92. The number of H-pyrrole nitrogens is 1. The average Bonchev–Trinajstić information content (AvgIpc) is 3.19. The lowest BCUT2D eigenvalue weighted by atomic mass is 9.85. The van der Waals surface area contributed by atoms with Gasteiger partial charge in [0, 0.05) is 23.7 Å². The number of aromatic amines is 1. The van der Waals surface area contributed by atoms with Crippen molar-refractivity contribution in [1.29, 1.82) is 0 Å². The Morgan fingerprint density at radius 1 is 1.08 bits per heavy atom. The van der Waals surface area contributed by atoms with Crippen molar-refractivity contribution in [3.05, 3.63) is 52.4 Å². The number of benzene rings is 2. The normalized spacial score (nSPS) is 17.9. The first-order chi connectivity index (χ1) is 17.6. The maximum absolute atomic E-state index is 12.9. The van der Waals surface area contributed by atoms with Crippen molar-refractivity contribution in [2.45, 2.75) is 65.0 Å². The number of nitrogens with zero attached hydrogens (tertiary/aromatic N) is 1. The standard InChI is InChI=1S/C28H35N3O6/c1-17-9-12-19(15-23(17)35-5)29-26(33)18-10-13-20(14-11-18)31-21-7-6-8-22(25(21)30-27(31)34)36-16-24(32)37-28(2,3)4/h6-9,12,15,18,20H,10-11,13-14,16H2,1-5H3,(H,29,33)(H,30,34). The second-order valence-electron chi connectivity index (χ2n) is 10.5. The Labute approximate surface area is 216 Å². The van der Waals surface area contributed by atoms with Crippen molar-refractivity contribution >= 4 is 28.6 Å². The predicted molar refractivity (Wildman–Crippen MR) is 141 cm³/mol. The fourth-order valence-electron chi connectivity index (χ4n) is 4.85. The third kappa shape index (κ3) is 6.15. The SMILES string of the molecule is COc1cc(NC(=O)C2CCC(n3c(=O)[nH]c4c(OCC(=O)OC(C)(C)C)cccc43)CC2)ccc1C. The molecule has 1 fully saturated rings. The van der Waals surface area contributed by atoms with E-state index in [1.54, 1.807) is 44.6 Å². The monoisotopic (exact) mass is 509 g/mol. The molecule has 198 valence electrons. The Balaban J connectivity index is 1.42. The van der Waals surface area contributed by atoms with E-state index in [0.29, 0.717) is 48.2 Å². The fraction of sp³-hybridized carbons (Fsp3) is 0.464. The fourth-order valence-corrected chi connectivity index (χ4v) is 4.85. The largest absolute Gasteiger partial charge is 0.496 e. The van der Waals surface area contributed by atoms with Gasteiger partial charge in [-0.05, 0) is 77.1 Å². The molecule has 0 bridgehead atoms. The lowest BCUT2D eigenvalue weighted by Crippen LogP contribution is -2.31. The number of hydrogen-bond donors (Lipinski definition) is 2. The highest BCUT2D eigenvalue weighted by atomic mass is 16.6. The molecular formula is C28H35N3O6. The molecular weight excluding hydrogens is 474 g/mol. The summed E-state index contributed by atoms with van der Waals surface area (Å²) in [7, 11) is 1.61. The van der Waals surface area contributed by atoms with Crippen LogP contribution in [-0.2, 0) is 14.3 Å². The van der Waals surface area contributed by atoms with E-state index in [-0.39, 0.29) is 30.2 Å². The molecule has 4 rings (SSSR count). The minimum Gasteiger partial charge on any atom is -0.496 e. The van der Waals surface area contributed by atoms with Gasteiger partial charge in [0.05, 0.1) is 12.6 Å². The Bertz CT molecular complexity index is 1340. The number of anilines is 1. The number of aryl methyl sites for hydroxylation is 1. The van der Waals surface area contributed by atoms with Gasteiger partial charge in [-0.2, -0.15) is 0 Å². The van der Waals surface area contributed by atoms with Crippen molar-refractivity contribution in [2.24, 2.45) is 5.92 Å². The molecule has 1 aromatic heterocycles. The molecule has 9 heteroatoms. The minimum absolute atomic E-state index is 0.0199. The molecule has 0 radical (unpaired) electrons. The lowest BCUT2D eigenvalue weighted by Gasteiger charge is -2.28. The lowest BCUT2D eigenvalue weighted by molar-refractivity contribution is -0.157. The summed E-state index contributed by atoms with van der Waals surface area (Å²) in [5.41, 5.74) is 2.13. The Kier molecular flexibility index (Phi) is 7.61. The maximum atomic E-state index is 12.9. The Morgan fingerprint density at radius 3 is 2.49 bits per heavy atom. The summed E-state index contributed by atoms with van der Waals surface area (Å²) in [6, 6.07) is 10.9. The predicted octanol–water partition coefficient (Wildman–Crippen LogP) is 4.74. The number of imidazole rings is 1. The summed E-state index contributed by atoms with van der Waals surface area (Å²) in [5, 5.41) is 3.00. The number of aromatic nitrogens is 2. The van der Waals surface area contributed by atoms with Gasteiger partial charge >= 0.3 is 11.7 Å². The van der Waals surface area contributed by atoms with Gasteiger partial charge in [0.1, 0.15) is 22.6 Å². The van der Waals surface area contributed by atoms with E-state index in [9.17, 15) is 14.4 Å². The van der Waals surface area contributed by atoms with Crippen LogP contribution in [0.15, 0.2) is 41.2 Å². The number of ether oxygens (including phenoxy) is 3. The maximum Gasteiger partial charge on any atom is 0.344 e. The highest BCUT2D eigenvalue weighted by Gasteiger charge is 2.29. The van der Waals surface area contributed by atoms with Gasteiger partial charge < -0.3 is 24.5 Å². The molecule has 2 aromatic carbocycles. The van der Waals surface area contributed by atoms with Crippen LogP contribution >= 0.6 is 0 Å². The smallest absolute Gasteiger partial charge is 0.344 e. The quantitative estimate of drug-likeness (QED) is 0.445. The van der Waals surface area contributed by atoms with Gasteiger partial charge in [-0.25, -0.2) is 9.59 Å². The van der Waals surface area contributed by atoms with E-state index in [0.717, 1.165) is 11.3 Å². The molecule has 1 saturated carbocycles. The second kappa shape index (κ2) is 10.7. The number of methoxy groups -OCH3 is 1. The van der Waals surface area contributed by atoms with E-state index >= 15 is 0 Å². The summed E-state index contributed by atoms with van der Waals surface area (Å²) in [6.07, 6.45) is 2.75. The van der Waals surface area contributed by atoms with Crippen molar-refractivity contribution in [1.82, 2.24) is 9.55 Å². The molecule has 0 atom stereocenters. The first kappa shape index (κ1) is 26.3. The van der Waals surface area contributed by atoms with Gasteiger partial charge in [-0.1, -0.05) is 12.1 Å². The number of hydrogen-bond acceptors (Lipinski definition) is 6. The van der Waals surface area contributed by atoms with Crippen LogP contribution in [0.1, 0.15) is 58.1 Å². The molecule has 37 heavy (non-hydrogen) atoms. The van der Waals surface area contributed by atoms with Crippen LogP contribution in [0.2, 0.25) is 0 Å². The second-order valence-corrected chi connectivity index (χ2v) is 10.5. The number of rotatable bonds is 7. The first-order valence-electron chi connectivity index (χ1n) is 12.6. The number of esters is 1. The number of fused-ring (bicyclic) bond motifs is 1. The topological polar surface area (TPSA) is 112 Å². The van der Waals surface area contributed by atoms with Gasteiger partial charge in [0.25, 0.3) is 0 Å². The average molecular weight is 510 g/mol. The zero-order valence-corrected chi connectivity index (χ0v) is 22.1. The molecule has 1 amide bonds. The summed E-state index contributed by atoms with van der Waals surface area (Å²) in [6.45, 7) is 7.08. The molecule has 2 N–H and O–H groups in total. The van der Waals surface area contributed by atoms with E-state index in [1.165, 1.54) is 0 Å². The van der Waals surface area contributed by atoms with Crippen LogP contribution in [-0.4, -0.2) is 40.7 Å². The van der Waals surface area contributed by atoms with Crippen LogP contribution in [0.4, 0.5) is 5.69 Å². The third-order valence-corrected chi connectivity index (χ3v) is 6.59. The van der Waals surface area contributed by atoms with Crippen LogP contribution in [0.5, 0.6) is 11.5 Å². The zero-order chi connectivity index (χ0) is 26.7. The highest BCUT2D eigenvalue weighted by Crippen LogP contribution is 2.35. The zero-order valence-electron chi connectivity index (χ0n) is 22.1. The summed E-state index contributed by atoms with van der Waals surface area (Å²) < 4.78 is 18.1. The molecule has 1 heterocycles. The van der Waals surface area contributed by atoms with E-state index in [1.807, 2.05) is 31.2 Å². The molecule has 1 aliphatic carbocycles. The van der Waals surface area contributed by atoms with Gasteiger partial charge in [-0.3, -0.25) is 9.36 Å². The Hall–Kier alpha value is -3.75. The number of amides is 1. The summed E-state index contributed by atoms with van der Waals surface area (Å²) >= 11 is 0. The molecule has 3 aromatic rings. The van der Waals surface area contributed by atoms with Crippen molar-refractivity contribution in [3.63, 3.8) is 0 Å². The summed E-state index contributed by atoms with van der Waals surface area (Å²) in [4.78, 5) is 40.8. The van der Waals surface area contributed by atoms with Gasteiger partial charge in [-0.15, -0.1) is 0 Å². The van der Waals surface area contributed by atoms with Crippen LogP contribution in [0, 0.1) is 12.8 Å². The van der Waals surface area contributed by atoms with Crippen molar-refractivity contribution in [3.8, 4) is 11.5 Å². The first-order valence-corrected chi connectivity index (χ1v) is 12.6. The van der Waals surface area contributed by atoms with E-state index < -0.39 is 11.6 Å². The number of para-hydroxylation sites is 1. The Morgan fingerprint density at radius 2 is 1.81 bits per heavy atom. The molecule has 0 aliphatic heterocycles. The van der Waals surface area contributed by atoms with Gasteiger partial charge in [0.2, 0.25) is 5.91 Å². The number of carbonyl (C=O) groups is 2.